The summed E-state index contributed by atoms with van der Waals surface area (Å²) in [6.45, 7) is 0. The maximum absolute atomic E-state index is 12.2. The second kappa shape index (κ2) is 6.22. The predicted octanol–water partition coefficient (Wildman–Crippen LogP) is 4.42. The highest BCUT2D eigenvalue weighted by Gasteiger charge is 2.20. The standard InChI is InChI=1S/C15H24O/c16-15(12-13-8-4-3-5-9-13)14-10-6-1-2-7-11-14/h8,14H,1-7,9-12H2. The van der Waals surface area contributed by atoms with Crippen LogP contribution in [0, 0.1) is 5.92 Å². The minimum atomic E-state index is 0.394. The summed E-state index contributed by atoms with van der Waals surface area (Å²) >= 11 is 0. The van der Waals surface area contributed by atoms with Crippen molar-refractivity contribution >= 4 is 5.78 Å². The third-order valence-electron chi connectivity index (χ3n) is 4.10. The normalized spacial score (nSPS) is 23.6. The molecule has 1 nitrogen and oxygen atoms in total. The molecule has 0 radical (unpaired) electrons. The van der Waals surface area contributed by atoms with Gasteiger partial charge < -0.3 is 0 Å². The van der Waals surface area contributed by atoms with Crippen LogP contribution in [-0.4, -0.2) is 5.78 Å². The molecule has 0 aliphatic heterocycles. The summed E-state index contributed by atoms with van der Waals surface area (Å²) in [7, 11) is 0. The molecule has 1 heteroatoms. The van der Waals surface area contributed by atoms with Gasteiger partial charge in [-0.3, -0.25) is 4.79 Å². The maximum Gasteiger partial charge on any atom is 0.139 e. The molecule has 0 N–H and O–H groups in total. The van der Waals surface area contributed by atoms with Crippen LogP contribution in [0.3, 0.4) is 0 Å². The largest absolute Gasteiger partial charge is 0.299 e. The number of hydrogen-bond donors (Lipinski definition) is 0. The van der Waals surface area contributed by atoms with Gasteiger partial charge in [0.15, 0.2) is 0 Å². The van der Waals surface area contributed by atoms with Crippen molar-refractivity contribution in [3.05, 3.63) is 11.6 Å². The third-order valence-corrected chi connectivity index (χ3v) is 4.10. The fraction of sp³-hybridized carbons (Fsp3) is 0.800. The zero-order valence-electron chi connectivity index (χ0n) is 10.3. The highest BCUT2D eigenvalue weighted by molar-refractivity contribution is 5.83. The average Bonchev–Trinajstić information content (AvgIpc) is 2.59. The van der Waals surface area contributed by atoms with Crippen LogP contribution in [0.2, 0.25) is 0 Å². The Morgan fingerprint density at radius 2 is 1.81 bits per heavy atom. The number of rotatable bonds is 3. The molecule has 1 fully saturated rings. The van der Waals surface area contributed by atoms with Gasteiger partial charge >= 0.3 is 0 Å². The summed E-state index contributed by atoms with van der Waals surface area (Å²) in [5.41, 5.74) is 1.43. The van der Waals surface area contributed by atoms with E-state index in [1.807, 2.05) is 0 Å². The van der Waals surface area contributed by atoms with Gasteiger partial charge in [0, 0.05) is 12.3 Å². The number of Topliss-reactive ketones (excluding diaryl/α,β-unsaturated/α-hetero) is 1. The van der Waals surface area contributed by atoms with Gasteiger partial charge in [-0.1, -0.05) is 37.3 Å². The molecule has 90 valence electrons. The van der Waals surface area contributed by atoms with Crippen LogP contribution in [0.5, 0.6) is 0 Å². The van der Waals surface area contributed by atoms with Gasteiger partial charge in [0.25, 0.3) is 0 Å². The number of carbonyl (C=O) groups is 1. The Kier molecular flexibility index (Phi) is 4.62. The van der Waals surface area contributed by atoms with Gasteiger partial charge in [0.1, 0.15) is 5.78 Å². The van der Waals surface area contributed by atoms with Crippen molar-refractivity contribution in [1.29, 1.82) is 0 Å². The van der Waals surface area contributed by atoms with E-state index < -0.39 is 0 Å². The molecule has 1 saturated carbocycles. The van der Waals surface area contributed by atoms with Crippen molar-refractivity contribution in [3.63, 3.8) is 0 Å². The molecule has 0 spiro atoms. The summed E-state index contributed by atoms with van der Waals surface area (Å²) in [5.74, 6) is 0.931. The van der Waals surface area contributed by atoms with Gasteiger partial charge in [-0.05, 0) is 38.5 Å². The van der Waals surface area contributed by atoms with Gasteiger partial charge in [-0.2, -0.15) is 0 Å². The maximum atomic E-state index is 12.2. The lowest BCUT2D eigenvalue weighted by atomic mass is 9.88. The number of allylic oxidation sites excluding steroid dienone is 2. The van der Waals surface area contributed by atoms with Crippen molar-refractivity contribution in [1.82, 2.24) is 0 Å². The van der Waals surface area contributed by atoms with Crippen LogP contribution in [0.1, 0.15) is 70.6 Å². The first kappa shape index (κ1) is 11.9. The topological polar surface area (TPSA) is 17.1 Å². The molecule has 2 rings (SSSR count). The Balaban J connectivity index is 1.83. The second-order valence-electron chi connectivity index (χ2n) is 5.44. The fourth-order valence-corrected chi connectivity index (χ4v) is 3.03. The van der Waals surface area contributed by atoms with Crippen LogP contribution in [0.25, 0.3) is 0 Å². The number of carbonyl (C=O) groups excluding carboxylic acids is 1. The molecule has 0 aromatic carbocycles. The van der Waals surface area contributed by atoms with Crippen LogP contribution in [-0.2, 0) is 4.79 Å². The van der Waals surface area contributed by atoms with E-state index in [9.17, 15) is 4.79 Å². The minimum Gasteiger partial charge on any atom is -0.299 e. The van der Waals surface area contributed by atoms with E-state index in [-0.39, 0.29) is 0 Å². The molecule has 0 amide bonds. The van der Waals surface area contributed by atoms with Crippen molar-refractivity contribution in [3.8, 4) is 0 Å². The molecule has 0 saturated heterocycles. The van der Waals surface area contributed by atoms with E-state index >= 15 is 0 Å². The third kappa shape index (κ3) is 3.47. The van der Waals surface area contributed by atoms with E-state index in [0.717, 1.165) is 19.3 Å². The molecule has 0 bridgehead atoms. The van der Waals surface area contributed by atoms with Gasteiger partial charge in [-0.15, -0.1) is 0 Å². The highest BCUT2D eigenvalue weighted by atomic mass is 16.1. The Morgan fingerprint density at radius 3 is 2.44 bits per heavy atom. The lowest BCUT2D eigenvalue weighted by molar-refractivity contribution is -0.122. The Morgan fingerprint density at radius 1 is 1.06 bits per heavy atom. The Bertz CT molecular complexity index is 257. The van der Waals surface area contributed by atoms with E-state index in [2.05, 4.69) is 6.08 Å². The zero-order valence-corrected chi connectivity index (χ0v) is 10.3. The van der Waals surface area contributed by atoms with Crippen LogP contribution in [0.4, 0.5) is 0 Å². The van der Waals surface area contributed by atoms with Gasteiger partial charge in [-0.25, -0.2) is 0 Å². The molecule has 0 unspecified atom stereocenters. The summed E-state index contributed by atoms with van der Waals surface area (Å²) < 4.78 is 0. The van der Waals surface area contributed by atoms with E-state index in [1.165, 1.54) is 56.9 Å². The SMILES string of the molecule is O=C(CC1=CCCCC1)C1CCCCCC1. The zero-order chi connectivity index (χ0) is 11.2. The number of ketones is 1. The monoisotopic (exact) mass is 220 g/mol. The van der Waals surface area contributed by atoms with Crippen LogP contribution in [0.15, 0.2) is 11.6 Å². The number of hydrogen-bond acceptors (Lipinski definition) is 1. The van der Waals surface area contributed by atoms with E-state index in [0.29, 0.717) is 11.7 Å². The van der Waals surface area contributed by atoms with E-state index in [1.54, 1.807) is 0 Å². The molecule has 0 aromatic heterocycles. The molecule has 0 atom stereocenters. The fourth-order valence-electron chi connectivity index (χ4n) is 3.03. The molecular weight excluding hydrogens is 196 g/mol. The second-order valence-corrected chi connectivity index (χ2v) is 5.44. The molecule has 0 aromatic rings. The Labute approximate surface area is 99.3 Å². The van der Waals surface area contributed by atoms with Crippen molar-refractivity contribution in [2.24, 2.45) is 5.92 Å². The lowest BCUT2D eigenvalue weighted by Crippen LogP contribution is -2.14. The summed E-state index contributed by atoms with van der Waals surface area (Å²) in [6, 6.07) is 0. The summed E-state index contributed by atoms with van der Waals surface area (Å²) in [6.07, 6.45) is 15.6. The average molecular weight is 220 g/mol. The van der Waals surface area contributed by atoms with Gasteiger partial charge in [0.05, 0.1) is 0 Å². The van der Waals surface area contributed by atoms with Crippen molar-refractivity contribution in [2.75, 3.05) is 0 Å². The van der Waals surface area contributed by atoms with Crippen LogP contribution < -0.4 is 0 Å². The minimum absolute atomic E-state index is 0.394. The molecule has 2 aliphatic rings. The molecule has 2 aliphatic carbocycles. The van der Waals surface area contributed by atoms with Gasteiger partial charge in [0.2, 0.25) is 0 Å². The van der Waals surface area contributed by atoms with Crippen molar-refractivity contribution in [2.45, 2.75) is 70.6 Å². The lowest BCUT2D eigenvalue weighted by Gasteiger charge is -2.16. The smallest absolute Gasteiger partial charge is 0.139 e. The first-order valence-corrected chi connectivity index (χ1v) is 7.07. The summed E-state index contributed by atoms with van der Waals surface area (Å²) in [5, 5.41) is 0. The molecule has 0 heterocycles. The molecule has 16 heavy (non-hydrogen) atoms. The summed E-state index contributed by atoms with van der Waals surface area (Å²) in [4.78, 5) is 12.2. The first-order chi connectivity index (χ1) is 7.86. The van der Waals surface area contributed by atoms with E-state index in [4.69, 9.17) is 0 Å². The first-order valence-electron chi connectivity index (χ1n) is 7.07. The predicted molar refractivity (Wildman–Crippen MR) is 67.4 cm³/mol. The van der Waals surface area contributed by atoms with Crippen LogP contribution >= 0.6 is 0 Å². The van der Waals surface area contributed by atoms with Crippen molar-refractivity contribution < 1.29 is 4.79 Å². The molecular formula is C15H24O. The highest BCUT2D eigenvalue weighted by Crippen LogP contribution is 2.27. The quantitative estimate of drug-likeness (QED) is 0.508. The Hall–Kier alpha value is -0.590.